The molecule has 21 heavy (non-hydrogen) atoms. The van der Waals surface area contributed by atoms with Gasteiger partial charge in [-0.15, -0.1) is 0 Å². The Bertz CT molecular complexity index is 490. The van der Waals surface area contributed by atoms with Crippen LogP contribution in [0.25, 0.3) is 0 Å². The molecule has 1 saturated heterocycles. The Balaban J connectivity index is 1.99. The fourth-order valence-electron chi connectivity index (χ4n) is 2.51. The molecule has 5 heteroatoms. The zero-order valence-electron chi connectivity index (χ0n) is 12.6. The van der Waals surface area contributed by atoms with Gasteiger partial charge in [-0.05, 0) is 19.4 Å². The Labute approximate surface area is 125 Å². The number of carbonyl (C=O) groups excluding carboxylic acids is 2. The molecule has 1 aliphatic rings. The van der Waals surface area contributed by atoms with Gasteiger partial charge >= 0.3 is 0 Å². The highest BCUT2D eigenvalue weighted by Crippen LogP contribution is 2.15. The van der Waals surface area contributed by atoms with E-state index in [4.69, 9.17) is 4.74 Å². The molecule has 0 bridgehead atoms. The van der Waals surface area contributed by atoms with E-state index < -0.39 is 6.04 Å². The van der Waals surface area contributed by atoms with E-state index in [1.807, 2.05) is 37.3 Å². The van der Waals surface area contributed by atoms with E-state index in [0.717, 1.165) is 5.56 Å². The van der Waals surface area contributed by atoms with E-state index in [-0.39, 0.29) is 18.4 Å². The fraction of sp³-hybridized carbons (Fsp3) is 0.500. The molecule has 2 rings (SSSR count). The summed E-state index contributed by atoms with van der Waals surface area (Å²) in [4.78, 5) is 27.9. The molecule has 1 aromatic rings. The first-order valence-electron chi connectivity index (χ1n) is 7.33. The lowest BCUT2D eigenvalue weighted by Crippen LogP contribution is -2.59. The number of ether oxygens (including phenoxy) is 1. The molecule has 1 aliphatic heterocycles. The molecular formula is C16H22N2O3. The van der Waals surface area contributed by atoms with Gasteiger partial charge in [0.05, 0.1) is 6.61 Å². The molecule has 1 heterocycles. The predicted molar refractivity (Wildman–Crippen MR) is 79.5 cm³/mol. The fourth-order valence-corrected chi connectivity index (χ4v) is 2.51. The van der Waals surface area contributed by atoms with E-state index in [0.29, 0.717) is 26.3 Å². The lowest BCUT2D eigenvalue weighted by atomic mass is 10.1. The number of nitrogens with zero attached hydrogens (tertiary/aromatic N) is 2. The number of hydrogen-bond donors (Lipinski definition) is 0. The monoisotopic (exact) mass is 290 g/mol. The summed E-state index contributed by atoms with van der Waals surface area (Å²) in [6.45, 7) is 5.87. The van der Waals surface area contributed by atoms with Crippen molar-refractivity contribution in [3.63, 3.8) is 0 Å². The van der Waals surface area contributed by atoms with Crippen LogP contribution < -0.4 is 0 Å². The van der Waals surface area contributed by atoms with Gasteiger partial charge in [-0.1, -0.05) is 30.3 Å². The summed E-state index contributed by atoms with van der Waals surface area (Å²) in [6, 6.07) is 9.31. The highest BCUT2D eigenvalue weighted by molar-refractivity contribution is 5.94. The Morgan fingerprint density at radius 1 is 1.24 bits per heavy atom. The lowest BCUT2D eigenvalue weighted by molar-refractivity contribution is -0.156. The second-order valence-corrected chi connectivity index (χ2v) is 5.14. The van der Waals surface area contributed by atoms with Crippen molar-refractivity contribution in [3.05, 3.63) is 35.9 Å². The summed E-state index contributed by atoms with van der Waals surface area (Å²) < 4.78 is 5.27. The molecular weight excluding hydrogens is 268 g/mol. The van der Waals surface area contributed by atoms with Crippen LogP contribution >= 0.6 is 0 Å². The van der Waals surface area contributed by atoms with Gasteiger partial charge in [-0.2, -0.15) is 0 Å². The van der Waals surface area contributed by atoms with E-state index in [2.05, 4.69) is 0 Å². The first-order valence-corrected chi connectivity index (χ1v) is 7.33. The second-order valence-electron chi connectivity index (χ2n) is 5.14. The van der Waals surface area contributed by atoms with Crippen molar-refractivity contribution in [2.24, 2.45) is 0 Å². The van der Waals surface area contributed by atoms with Crippen LogP contribution in [0.5, 0.6) is 0 Å². The van der Waals surface area contributed by atoms with Crippen molar-refractivity contribution in [2.75, 3.05) is 26.3 Å². The standard InChI is InChI=1S/C16H22N2O3/c1-3-21-10-9-18-13(2)16(20)17(12-15(18)19)11-14-7-5-4-6-8-14/h4-8,13H,3,9-12H2,1-2H3/t13-/m0/s1. The third-order valence-electron chi connectivity index (χ3n) is 3.68. The van der Waals surface area contributed by atoms with Crippen LogP contribution in [0.3, 0.4) is 0 Å². The molecule has 0 N–H and O–H groups in total. The highest BCUT2D eigenvalue weighted by atomic mass is 16.5. The van der Waals surface area contributed by atoms with Gasteiger partial charge in [0, 0.05) is 19.7 Å². The van der Waals surface area contributed by atoms with Crippen molar-refractivity contribution in [1.29, 1.82) is 0 Å². The topological polar surface area (TPSA) is 49.9 Å². The van der Waals surface area contributed by atoms with E-state index in [9.17, 15) is 9.59 Å². The highest BCUT2D eigenvalue weighted by Gasteiger charge is 2.35. The maximum Gasteiger partial charge on any atom is 0.245 e. The zero-order chi connectivity index (χ0) is 15.2. The minimum atomic E-state index is -0.421. The van der Waals surface area contributed by atoms with Crippen LogP contribution in [0.4, 0.5) is 0 Å². The van der Waals surface area contributed by atoms with Crippen LogP contribution in [0.15, 0.2) is 30.3 Å². The van der Waals surface area contributed by atoms with Crippen molar-refractivity contribution < 1.29 is 14.3 Å². The van der Waals surface area contributed by atoms with Gasteiger partial charge in [0.25, 0.3) is 0 Å². The van der Waals surface area contributed by atoms with E-state index in [1.54, 1.807) is 16.7 Å². The van der Waals surface area contributed by atoms with Crippen molar-refractivity contribution in [2.45, 2.75) is 26.4 Å². The van der Waals surface area contributed by atoms with Crippen LogP contribution in [0.2, 0.25) is 0 Å². The Kier molecular flexibility index (Phi) is 5.33. The van der Waals surface area contributed by atoms with Gasteiger partial charge in [-0.3, -0.25) is 9.59 Å². The van der Waals surface area contributed by atoms with Gasteiger partial charge in [0.15, 0.2) is 0 Å². The van der Waals surface area contributed by atoms with Crippen LogP contribution in [-0.4, -0.2) is 54.0 Å². The number of benzene rings is 1. The molecule has 0 saturated carbocycles. The zero-order valence-corrected chi connectivity index (χ0v) is 12.6. The smallest absolute Gasteiger partial charge is 0.245 e. The first kappa shape index (κ1) is 15.5. The molecule has 114 valence electrons. The summed E-state index contributed by atoms with van der Waals surface area (Å²) in [5.74, 6) is -0.0207. The maximum absolute atomic E-state index is 12.4. The number of amides is 2. The van der Waals surface area contributed by atoms with Gasteiger partial charge in [-0.25, -0.2) is 0 Å². The molecule has 0 spiro atoms. The van der Waals surface area contributed by atoms with Crippen LogP contribution in [0.1, 0.15) is 19.4 Å². The quantitative estimate of drug-likeness (QED) is 0.742. The van der Waals surface area contributed by atoms with Gasteiger partial charge < -0.3 is 14.5 Å². The predicted octanol–water partition coefficient (Wildman–Crippen LogP) is 1.28. The van der Waals surface area contributed by atoms with Crippen LogP contribution in [0, 0.1) is 0 Å². The SMILES string of the molecule is CCOCCN1C(=O)CN(Cc2ccccc2)C(=O)[C@@H]1C. The van der Waals surface area contributed by atoms with E-state index in [1.165, 1.54) is 0 Å². The summed E-state index contributed by atoms with van der Waals surface area (Å²) in [6.07, 6.45) is 0. The average molecular weight is 290 g/mol. The van der Waals surface area contributed by atoms with Crippen LogP contribution in [-0.2, 0) is 20.9 Å². The normalized spacial score (nSPS) is 19.2. The second kappa shape index (κ2) is 7.22. The summed E-state index contributed by atoms with van der Waals surface area (Å²) in [7, 11) is 0. The molecule has 5 nitrogen and oxygen atoms in total. The molecule has 0 aromatic heterocycles. The largest absolute Gasteiger partial charge is 0.380 e. The number of carbonyl (C=O) groups is 2. The third-order valence-corrected chi connectivity index (χ3v) is 3.68. The number of rotatable bonds is 6. The third kappa shape index (κ3) is 3.82. The summed E-state index contributed by atoms with van der Waals surface area (Å²) in [5.41, 5.74) is 1.04. The molecule has 1 fully saturated rings. The molecule has 1 atom stereocenters. The molecule has 0 aliphatic carbocycles. The van der Waals surface area contributed by atoms with Crippen molar-refractivity contribution >= 4 is 11.8 Å². The Hall–Kier alpha value is -1.88. The minimum Gasteiger partial charge on any atom is -0.380 e. The summed E-state index contributed by atoms with van der Waals surface area (Å²) in [5, 5.41) is 0. The minimum absolute atomic E-state index is 0.00467. The molecule has 2 amide bonds. The number of piperazine rings is 1. The Morgan fingerprint density at radius 3 is 2.62 bits per heavy atom. The first-order chi connectivity index (χ1) is 10.1. The Morgan fingerprint density at radius 2 is 1.95 bits per heavy atom. The van der Waals surface area contributed by atoms with Gasteiger partial charge in [0.1, 0.15) is 12.6 Å². The molecule has 0 radical (unpaired) electrons. The lowest BCUT2D eigenvalue weighted by Gasteiger charge is -2.38. The maximum atomic E-state index is 12.4. The average Bonchev–Trinajstić information content (AvgIpc) is 2.49. The summed E-state index contributed by atoms with van der Waals surface area (Å²) >= 11 is 0. The molecule has 0 unspecified atom stereocenters. The van der Waals surface area contributed by atoms with E-state index >= 15 is 0 Å². The number of hydrogen-bond acceptors (Lipinski definition) is 3. The van der Waals surface area contributed by atoms with Crippen molar-refractivity contribution in [1.82, 2.24) is 9.80 Å². The van der Waals surface area contributed by atoms with Crippen molar-refractivity contribution in [3.8, 4) is 0 Å². The van der Waals surface area contributed by atoms with Gasteiger partial charge in [0.2, 0.25) is 11.8 Å². The molecule has 1 aromatic carbocycles.